The Kier molecular flexibility index (Phi) is 6.44. The smallest absolute Gasteiger partial charge is 0.336 e. The van der Waals surface area contributed by atoms with Gasteiger partial charge in [0.15, 0.2) is 0 Å². The number of esters is 1. The van der Waals surface area contributed by atoms with Gasteiger partial charge < -0.3 is 9.47 Å². The number of methoxy groups -OCH3 is 1. The molecule has 0 N–H and O–H groups in total. The second-order valence-corrected chi connectivity index (χ2v) is 7.75. The quantitative estimate of drug-likeness (QED) is 0.283. The van der Waals surface area contributed by atoms with E-state index in [9.17, 15) is 4.79 Å². The molecule has 3 aromatic carbocycles. The van der Waals surface area contributed by atoms with Crippen LogP contribution in [-0.2, 0) is 14.3 Å². The van der Waals surface area contributed by atoms with Crippen LogP contribution in [0.2, 0.25) is 5.02 Å². The van der Waals surface area contributed by atoms with E-state index in [2.05, 4.69) is 18.4 Å². The minimum absolute atomic E-state index is 0.234. The molecule has 0 aliphatic carbocycles. The third-order valence-corrected chi connectivity index (χ3v) is 5.53. The Bertz CT molecular complexity index is 1220. The largest absolute Gasteiger partial charge is 0.483 e. The van der Waals surface area contributed by atoms with Crippen LogP contribution in [0, 0.1) is 11.8 Å². The molecule has 3 nitrogen and oxygen atoms in total. The summed E-state index contributed by atoms with van der Waals surface area (Å²) in [5, 5.41) is 0.625. The molecule has 0 unspecified atom stereocenters. The van der Waals surface area contributed by atoms with Gasteiger partial charge >= 0.3 is 5.97 Å². The zero-order valence-corrected chi connectivity index (χ0v) is 18.3. The standard InChI is InChI=1S/C28H21ClO3/c1-19(28(30)31-2)26-25(21-14-16-23(29)17-15-21)24(18-13-20-9-5-3-6-10-20)27(32-26)22-11-7-4-8-12-22/h3-12,14-17,25-26H,1H2,2H3/t25-,26+/m0/s1. The van der Waals surface area contributed by atoms with Crippen molar-refractivity contribution in [1.82, 2.24) is 0 Å². The highest BCUT2D eigenvalue weighted by Gasteiger charge is 2.41. The van der Waals surface area contributed by atoms with Crippen LogP contribution in [0.15, 0.2) is 103 Å². The molecule has 0 saturated heterocycles. The van der Waals surface area contributed by atoms with Gasteiger partial charge in [0.1, 0.15) is 11.9 Å². The van der Waals surface area contributed by atoms with Gasteiger partial charge in [-0.05, 0) is 29.8 Å². The molecule has 1 heterocycles. The van der Waals surface area contributed by atoms with Gasteiger partial charge in [0.25, 0.3) is 0 Å². The van der Waals surface area contributed by atoms with E-state index < -0.39 is 12.1 Å². The molecule has 158 valence electrons. The lowest BCUT2D eigenvalue weighted by atomic mass is 9.84. The van der Waals surface area contributed by atoms with E-state index in [4.69, 9.17) is 21.1 Å². The Morgan fingerprint density at radius 1 is 0.938 bits per heavy atom. The van der Waals surface area contributed by atoms with Crippen LogP contribution in [0.25, 0.3) is 5.76 Å². The molecule has 0 radical (unpaired) electrons. The Hall–Kier alpha value is -3.74. The molecule has 4 rings (SSSR count). The second kappa shape index (κ2) is 9.60. The Morgan fingerprint density at radius 3 is 2.19 bits per heavy atom. The summed E-state index contributed by atoms with van der Waals surface area (Å²) in [7, 11) is 1.33. The second-order valence-electron chi connectivity index (χ2n) is 7.31. The van der Waals surface area contributed by atoms with E-state index in [0.29, 0.717) is 10.8 Å². The van der Waals surface area contributed by atoms with Crippen LogP contribution in [0.5, 0.6) is 0 Å². The van der Waals surface area contributed by atoms with Gasteiger partial charge in [-0.1, -0.05) is 90.7 Å². The normalized spacial score (nSPS) is 17.2. The van der Waals surface area contributed by atoms with Crippen LogP contribution in [-0.4, -0.2) is 19.2 Å². The maximum Gasteiger partial charge on any atom is 0.336 e. The van der Waals surface area contributed by atoms with Crippen LogP contribution in [0.1, 0.15) is 22.6 Å². The van der Waals surface area contributed by atoms with Crippen molar-refractivity contribution in [2.24, 2.45) is 0 Å². The molecule has 0 aromatic heterocycles. The van der Waals surface area contributed by atoms with Gasteiger partial charge in [-0.3, -0.25) is 0 Å². The van der Waals surface area contributed by atoms with Gasteiger partial charge in [0.2, 0.25) is 0 Å². The zero-order valence-electron chi connectivity index (χ0n) is 17.5. The number of halogens is 1. The monoisotopic (exact) mass is 440 g/mol. The molecule has 0 fully saturated rings. The summed E-state index contributed by atoms with van der Waals surface area (Å²) in [6, 6.07) is 27.0. The Balaban J connectivity index is 1.89. The summed E-state index contributed by atoms with van der Waals surface area (Å²) in [5.41, 5.74) is 3.70. The molecule has 32 heavy (non-hydrogen) atoms. The first-order valence-corrected chi connectivity index (χ1v) is 10.5. The molecule has 4 heteroatoms. The van der Waals surface area contributed by atoms with E-state index in [1.54, 1.807) is 0 Å². The highest BCUT2D eigenvalue weighted by molar-refractivity contribution is 6.30. The molecule has 0 amide bonds. The van der Waals surface area contributed by atoms with Crippen molar-refractivity contribution in [1.29, 1.82) is 0 Å². The Labute approximate surface area is 193 Å². The van der Waals surface area contributed by atoms with Gasteiger partial charge in [-0.25, -0.2) is 4.79 Å². The fraction of sp³-hybridized carbons (Fsp3) is 0.107. The molecule has 1 aliphatic rings. The maximum absolute atomic E-state index is 12.4. The highest BCUT2D eigenvalue weighted by atomic mass is 35.5. The van der Waals surface area contributed by atoms with E-state index >= 15 is 0 Å². The molecule has 0 spiro atoms. The van der Waals surface area contributed by atoms with Gasteiger partial charge in [0, 0.05) is 16.1 Å². The third-order valence-electron chi connectivity index (χ3n) is 5.27. The minimum atomic E-state index is -0.654. The van der Waals surface area contributed by atoms with E-state index in [1.807, 2.05) is 84.9 Å². The first-order chi connectivity index (χ1) is 15.6. The molecule has 1 aliphatic heterocycles. The number of ether oxygens (including phenoxy) is 2. The lowest BCUT2D eigenvalue weighted by molar-refractivity contribution is -0.137. The summed E-state index contributed by atoms with van der Waals surface area (Å²) >= 11 is 6.13. The van der Waals surface area contributed by atoms with Crippen molar-refractivity contribution >= 4 is 23.3 Å². The van der Waals surface area contributed by atoms with E-state index in [0.717, 1.165) is 22.3 Å². The summed E-state index contributed by atoms with van der Waals surface area (Å²) in [5.74, 6) is 6.34. The molecule has 2 atom stereocenters. The summed E-state index contributed by atoms with van der Waals surface area (Å²) in [4.78, 5) is 12.4. The summed E-state index contributed by atoms with van der Waals surface area (Å²) in [6.45, 7) is 3.98. The first kappa shape index (κ1) is 21.5. The van der Waals surface area contributed by atoms with Crippen molar-refractivity contribution in [3.05, 3.63) is 124 Å². The maximum atomic E-state index is 12.4. The predicted octanol–water partition coefficient (Wildman–Crippen LogP) is 6.01. The van der Waals surface area contributed by atoms with Gasteiger partial charge in [0.05, 0.1) is 24.2 Å². The predicted molar refractivity (Wildman–Crippen MR) is 127 cm³/mol. The summed E-state index contributed by atoms with van der Waals surface area (Å²) in [6.07, 6.45) is -0.654. The molecular weight excluding hydrogens is 420 g/mol. The average molecular weight is 441 g/mol. The average Bonchev–Trinajstić information content (AvgIpc) is 3.22. The van der Waals surface area contributed by atoms with Crippen LogP contribution >= 0.6 is 11.6 Å². The molecule has 0 bridgehead atoms. The van der Waals surface area contributed by atoms with Crippen molar-refractivity contribution in [2.45, 2.75) is 12.0 Å². The fourth-order valence-electron chi connectivity index (χ4n) is 3.69. The van der Waals surface area contributed by atoms with Crippen LogP contribution in [0.4, 0.5) is 0 Å². The number of benzene rings is 3. The minimum Gasteiger partial charge on any atom is -0.483 e. The Morgan fingerprint density at radius 2 is 1.56 bits per heavy atom. The van der Waals surface area contributed by atoms with Crippen molar-refractivity contribution in [3.8, 4) is 11.8 Å². The van der Waals surface area contributed by atoms with Crippen LogP contribution in [0.3, 0.4) is 0 Å². The zero-order chi connectivity index (χ0) is 22.5. The lowest BCUT2D eigenvalue weighted by Crippen LogP contribution is -2.24. The first-order valence-electron chi connectivity index (χ1n) is 10.1. The number of hydrogen-bond donors (Lipinski definition) is 0. The number of hydrogen-bond acceptors (Lipinski definition) is 3. The SMILES string of the molecule is C=C(C(=O)OC)[C@H]1OC(c2ccccc2)=C(C#Cc2ccccc2)[C@@H]1c1ccc(Cl)cc1. The number of carbonyl (C=O) groups excluding carboxylic acids is 1. The molecular formula is C28H21ClO3. The lowest BCUT2D eigenvalue weighted by Gasteiger charge is -2.21. The topological polar surface area (TPSA) is 35.5 Å². The van der Waals surface area contributed by atoms with Gasteiger partial charge in [-0.2, -0.15) is 0 Å². The number of rotatable bonds is 4. The van der Waals surface area contributed by atoms with Crippen molar-refractivity contribution < 1.29 is 14.3 Å². The highest BCUT2D eigenvalue weighted by Crippen LogP contribution is 2.45. The fourth-order valence-corrected chi connectivity index (χ4v) is 3.82. The van der Waals surface area contributed by atoms with Crippen molar-refractivity contribution in [3.63, 3.8) is 0 Å². The van der Waals surface area contributed by atoms with E-state index in [-0.39, 0.29) is 11.5 Å². The van der Waals surface area contributed by atoms with Crippen LogP contribution < -0.4 is 0 Å². The number of carbonyl (C=O) groups is 1. The van der Waals surface area contributed by atoms with Gasteiger partial charge in [-0.15, -0.1) is 0 Å². The third kappa shape index (κ3) is 4.46. The van der Waals surface area contributed by atoms with E-state index in [1.165, 1.54) is 7.11 Å². The molecule has 0 saturated carbocycles. The molecule has 3 aromatic rings. The van der Waals surface area contributed by atoms with Crippen molar-refractivity contribution in [2.75, 3.05) is 7.11 Å². The summed E-state index contributed by atoms with van der Waals surface area (Å²) < 4.78 is 11.3.